The predicted molar refractivity (Wildman–Crippen MR) is 147 cm³/mol. The minimum Gasteiger partial charge on any atom is -0.367 e. The Bertz CT molecular complexity index is 1220. The average Bonchev–Trinajstić information content (AvgIpc) is 3.32. The summed E-state index contributed by atoms with van der Waals surface area (Å²) in [6.07, 6.45) is 7.14. The van der Waals surface area contributed by atoms with E-state index in [1.807, 2.05) is 6.07 Å². The summed E-state index contributed by atoms with van der Waals surface area (Å²) in [5.41, 5.74) is 1.30. The summed E-state index contributed by atoms with van der Waals surface area (Å²) < 4.78 is 15.1. The maximum absolute atomic E-state index is 15.1. The van der Waals surface area contributed by atoms with Gasteiger partial charge in [-0.1, -0.05) is 19.6 Å². The summed E-state index contributed by atoms with van der Waals surface area (Å²) in [7, 11) is 2.07. The van der Waals surface area contributed by atoms with Gasteiger partial charge in [-0.15, -0.1) is 0 Å². The number of likely N-dealkylation sites (N-methyl/N-ethyl adjacent to an activating group) is 1. The molecule has 202 valence electrons. The van der Waals surface area contributed by atoms with Gasteiger partial charge in [0.2, 0.25) is 17.8 Å². The normalized spacial score (nSPS) is 21.0. The lowest BCUT2D eigenvalue weighted by Crippen LogP contribution is -2.59. The molecule has 2 aliphatic heterocycles. The minimum atomic E-state index is -0.737. The zero-order chi connectivity index (χ0) is 26.9. The number of carbonyl (C=O) groups is 2. The fourth-order valence-corrected chi connectivity index (χ4v) is 5.65. The number of carbonyl (C=O) groups excluding carboxylic acids is 2. The number of amides is 2. The Morgan fingerprint density at radius 3 is 2.66 bits per heavy atom. The number of hydrogen-bond acceptors (Lipinski definition) is 7. The van der Waals surface area contributed by atoms with Crippen molar-refractivity contribution in [3.63, 3.8) is 0 Å². The molecule has 0 bridgehead atoms. The first-order valence-electron chi connectivity index (χ1n) is 13.5. The van der Waals surface area contributed by atoms with Crippen molar-refractivity contribution in [2.75, 3.05) is 54.9 Å². The van der Waals surface area contributed by atoms with E-state index in [1.165, 1.54) is 6.07 Å². The van der Waals surface area contributed by atoms with Crippen molar-refractivity contribution in [3.05, 3.63) is 42.4 Å². The number of anilines is 4. The number of aromatic nitrogens is 2. The summed E-state index contributed by atoms with van der Waals surface area (Å²) in [4.78, 5) is 41.5. The molecule has 0 radical (unpaired) electrons. The van der Waals surface area contributed by atoms with Gasteiger partial charge in [0.25, 0.3) is 0 Å². The lowest BCUT2D eigenvalue weighted by molar-refractivity contribution is -0.132. The van der Waals surface area contributed by atoms with Crippen LogP contribution in [0.2, 0.25) is 0 Å². The molecule has 1 saturated carbocycles. The van der Waals surface area contributed by atoms with E-state index in [9.17, 15) is 9.59 Å². The molecular weight excluding hydrogens is 485 g/mol. The highest BCUT2D eigenvalue weighted by Gasteiger charge is 2.48. The number of halogens is 1. The zero-order valence-corrected chi connectivity index (χ0v) is 22.2. The van der Waals surface area contributed by atoms with Crippen LogP contribution < -0.4 is 20.4 Å². The molecule has 38 heavy (non-hydrogen) atoms. The first-order valence-corrected chi connectivity index (χ1v) is 13.5. The molecule has 2 saturated heterocycles. The zero-order valence-electron chi connectivity index (χ0n) is 22.2. The Hall–Kier alpha value is -3.53. The number of nitrogens with one attached hydrogen (secondary N) is 2. The van der Waals surface area contributed by atoms with Crippen molar-refractivity contribution in [1.82, 2.24) is 20.2 Å². The van der Waals surface area contributed by atoms with Crippen molar-refractivity contribution in [3.8, 4) is 0 Å². The van der Waals surface area contributed by atoms with Gasteiger partial charge in [0.15, 0.2) is 0 Å². The molecular formula is C28H36FN7O2. The maximum atomic E-state index is 15.1. The largest absolute Gasteiger partial charge is 0.367 e. The quantitative estimate of drug-likeness (QED) is 0.513. The van der Waals surface area contributed by atoms with Gasteiger partial charge in [0.05, 0.1) is 5.69 Å². The molecule has 9 nitrogen and oxygen atoms in total. The Kier molecular flexibility index (Phi) is 7.34. The van der Waals surface area contributed by atoms with E-state index in [2.05, 4.69) is 46.0 Å². The van der Waals surface area contributed by atoms with E-state index in [-0.39, 0.29) is 23.6 Å². The molecule has 0 spiro atoms. The lowest BCUT2D eigenvalue weighted by Gasteiger charge is -2.50. The van der Waals surface area contributed by atoms with Crippen LogP contribution in [0.4, 0.5) is 27.5 Å². The highest BCUT2D eigenvalue weighted by molar-refractivity contribution is 6.09. The molecule has 1 aromatic heterocycles. The number of benzene rings is 1. The average molecular weight is 522 g/mol. The Morgan fingerprint density at radius 1 is 1.32 bits per heavy atom. The molecule has 1 aromatic carbocycles. The third kappa shape index (κ3) is 4.84. The lowest BCUT2D eigenvalue weighted by atomic mass is 9.72. The highest BCUT2D eigenvalue weighted by atomic mass is 19.1. The number of hydrogen-bond donors (Lipinski definition) is 2. The van der Waals surface area contributed by atoms with Crippen LogP contribution in [0.15, 0.2) is 31.0 Å². The van der Waals surface area contributed by atoms with Crippen molar-refractivity contribution in [2.24, 2.45) is 5.92 Å². The first-order chi connectivity index (χ1) is 18.3. The first kappa shape index (κ1) is 26.1. The fraction of sp³-hybridized carbons (Fsp3) is 0.500. The van der Waals surface area contributed by atoms with Gasteiger partial charge in [0, 0.05) is 55.7 Å². The van der Waals surface area contributed by atoms with E-state index >= 15 is 4.39 Å². The maximum Gasteiger partial charge on any atom is 0.241 e. The summed E-state index contributed by atoms with van der Waals surface area (Å²) in [5, 5.41) is 5.89. The van der Waals surface area contributed by atoms with Crippen LogP contribution in [0, 0.1) is 11.7 Å². The van der Waals surface area contributed by atoms with Gasteiger partial charge in [-0.2, -0.15) is 4.98 Å². The van der Waals surface area contributed by atoms with E-state index < -0.39 is 11.5 Å². The Balaban J connectivity index is 1.45. The second-order valence-corrected chi connectivity index (χ2v) is 10.5. The van der Waals surface area contributed by atoms with Crippen molar-refractivity contribution >= 4 is 41.0 Å². The Morgan fingerprint density at radius 2 is 2.08 bits per heavy atom. The molecule has 2 aromatic rings. The summed E-state index contributed by atoms with van der Waals surface area (Å²) in [5.74, 6) is -0.856. The fourth-order valence-electron chi connectivity index (χ4n) is 5.65. The van der Waals surface area contributed by atoms with Crippen LogP contribution in [0.3, 0.4) is 0 Å². The monoisotopic (exact) mass is 521 g/mol. The molecule has 1 unspecified atom stereocenters. The van der Waals surface area contributed by atoms with Gasteiger partial charge < -0.3 is 20.4 Å². The van der Waals surface area contributed by atoms with Crippen LogP contribution in [-0.2, 0) is 9.59 Å². The highest BCUT2D eigenvalue weighted by Crippen LogP contribution is 2.44. The second-order valence-electron chi connectivity index (χ2n) is 10.5. The van der Waals surface area contributed by atoms with Crippen LogP contribution >= 0.6 is 0 Å². The smallest absolute Gasteiger partial charge is 0.241 e. The summed E-state index contributed by atoms with van der Waals surface area (Å²) >= 11 is 0. The topological polar surface area (TPSA) is 93.7 Å². The predicted octanol–water partition coefficient (Wildman–Crippen LogP) is 3.56. The standard InChI is InChI=1S/C28H36FN7O2/c1-4-19-18-31-27(32-20-7-8-23(22(29)17-20)35-15-13-34(3)14-16-35)33-24(19)36(28(5-2)10-6-11-28)26(38)21-9-12-30-25(21)37/h4,7-8,17-18,21H,1,5-6,9-16H2,2-3H3,(H,30,37)(H,31,32,33). The third-order valence-corrected chi connectivity index (χ3v) is 8.26. The molecule has 10 heteroatoms. The van der Waals surface area contributed by atoms with Gasteiger partial charge in [0.1, 0.15) is 17.6 Å². The molecule has 3 heterocycles. The van der Waals surface area contributed by atoms with Crippen LogP contribution in [0.1, 0.15) is 44.6 Å². The van der Waals surface area contributed by atoms with Crippen molar-refractivity contribution < 1.29 is 14.0 Å². The number of piperazine rings is 1. The molecule has 2 amide bonds. The van der Waals surface area contributed by atoms with Crippen molar-refractivity contribution in [2.45, 2.75) is 44.6 Å². The number of nitrogens with zero attached hydrogens (tertiary/aromatic N) is 5. The van der Waals surface area contributed by atoms with Gasteiger partial charge in [-0.25, -0.2) is 9.37 Å². The van der Waals surface area contributed by atoms with E-state index in [4.69, 9.17) is 4.98 Å². The molecule has 1 aliphatic carbocycles. The summed E-state index contributed by atoms with van der Waals surface area (Å²) in [6, 6.07) is 5.03. The Labute approximate surface area is 223 Å². The van der Waals surface area contributed by atoms with Crippen LogP contribution in [-0.4, -0.2) is 72.0 Å². The van der Waals surface area contributed by atoms with Crippen LogP contribution in [0.25, 0.3) is 6.08 Å². The van der Waals surface area contributed by atoms with Gasteiger partial charge >= 0.3 is 0 Å². The van der Waals surface area contributed by atoms with E-state index in [0.29, 0.717) is 35.7 Å². The van der Waals surface area contributed by atoms with Crippen molar-refractivity contribution in [1.29, 1.82) is 0 Å². The van der Waals surface area contributed by atoms with Crippen LogP contribution in [0.5, 0.6) is 0 Å². The summed E-state index contributed by atoms with van der Waals surface area (Å²) in [6.45, 7) is 9.79. The van der Waals surface area contributed by atoms with Gasteiger partial charge in [-0.3, -0.25) is 14.5 Å². The minimum absolute atomic E-state index is 0.239. The second kappa shape index (κ2) is 10.7. The van der Waals surface area contributed by atoms with E-state index in [1.54, 1.807) is 23.2 Å². The molecule has 1 atom stereocenters. The van der Waals surface area contributed by atoms with Gasteiger partial charge in [-0.05, 0) is 57.4 Å². The third-order valence-electron chi connectivity index (χ3n) is 8.26. The number of rotatable bonds is 8. The molecule has 3 aliphatic rings. The molecule has 5 rings (SSSR count). The SMILES string of the molecule is C=Cc1cnc(Nc2ccc(N3CCN(C)CC3)c(F)c2)nc1N(C(=O)C1CCNC1=O)C1(CC)CCC1. The van der Waals surface area contributed by atoms with E-state index in [0.717, 1.165) is 51.9 Å². The molecule has 2 N–H and O–H groups in total. The molecule has 3 fully saturated rings.